The molecule has 2 amide bonds. The molecule has 0 spiro atoms. The minimum Gasteiger partial charge on any atom is -0.469 e. The molecule has 0 N–H and O–H groups in total. The number of methoxy groups -OCH3 is 1. The fourth-order valence-electron chi connectivity index (χ4n) is 2.74. The highest BCUT2D eigenvalue weighted by Crippen LogP contribution is 2.29. The number of esters is 1. The predicted octanol–water partition coefficient (Wildman–Crippen LogP) is -0.515. The van der Waals surface area contributed by atoms with Crippen LogP contribution in [0.25, 0.3) is 0 Å². The van der Waals surface area contributed by atoms with Gasteiger partial charge in [-0.25, -0.2) is 0 Å². The van der Waals surface area contributed by atoms with Gasteiger partial charge in [0.05, 0.1) is 25.5 Å². The second kappa shape index (κ2) is 4.68. The summed E-state index contributed by atoms with van der Waals surface area (Å²) in [5.41, 5.74) is 0. The summed E-state index contributed by atoms with van der Waals surface area (Å²) < 4.78 is 4.76. The highest BCUT2D eigenvalue weighted by atomic mass is 16.5. The van der Waals surface area contributed by atoms with Crippen LogP contribution in [0, 0.1) is 11.8 Å². The summed E-state index contributed by atoms with van der Waals surface area (Å²) >= 11 is 0. The third kappa shape index (κ3) is 2.01. The van der Waals surface area contributed by atoms with Gasteiger partial charge in [-0.3, -0.25) is 24.2 Å². The van der Waals surface area contributed by atoms with Crippen LogP contribution in [0.4, 0.5) is 0 Å². The quantitative estimate of drug-likeness (QED) is 0.490. The Hall–Kier alpha value is -1.43. The van der Waals surface area contributed by atoms with E-state index in [4.69, 9.17) is 4.74 Å². The maximum atomic E-state index is 11.9. The number of imide groups is 1. The molecule has 0 radical (unpaired) electrons. The summed E-state index contributed by atoms with van der Waals surface area (Å²) in [5, 5.41) is 0. The van der Waals surface area contributed by atoms with Gasteiger partial charge in [0.2, 0.25) is 11.8 Å². The zero-order valence-electron chi connectivity index (χ0n) is 10.9. The van der Waals surface area contributed by atoms with Gasteiger partial charge in [-0.1, -0.05) is 6.92 Å². The lowest BCUT2D eigenvalue weighted by Gasteiger charge is -2.21. The molecule has 6 heteroatoms. The van der Waals surface area contributed by atoms with Crippen molar-refractivity contribution in [2.75, 3.05) is 27.2 Å². The van der Waals surface area contributed by atoms with Crippen LogP contribution in [0.5, 0.6) is 0 Å². The third-order valence-electron chi connectivity index (χ3n) is 3.94. The molecular weight excluding hydrogens is 236 g/mol. The number of carbonyl (C=O) groups excluding carboxylic acids is 3. The van der Waals surface area contributed by atoms with E-state index in [2.05, 4.69) is 0 Å². The number of hydrogen-bond acceptors (Lipinski definition) is 5. The van der Waals surface area contributed by atoms with E-state index in [1.54, 1.807) is 0 Å². The van der Waals surface area contributed by atoms with Crippen molar-refractivity contribution in [3.05, 3.63) is 0 Å². The lowest BCUT2D eigenvalue weighted by molar-refractivity contribution is -0.146. The number of amides is 2. The number of carbonyl (C=O) groups is 3. The standard InChI is InChI=1S/C12H18N2O4/c1-7-5-14(6-8(7)12(17)18-3)9-4-10(15)13(2)11(9)16/h7-9H,4-6H2,1-3H3. The number of nitrogens with zero attached hydrogens (tertiary/aromatic N) is 2. The number of likely N-dealkylation sites (N-methyl/N-ethyl adjacent to an activating group) is 1. The number of ether oxygens (including phenoxy) is 1. The van der Waals surface area contributed by atoms with Crippen molar-refractivity contribution < 1.29 is 19.1 Å². The van der Waals surface area contributed by atoms with E-state index < -0.39 is 6.04 Å². The molecule has 2 rings (SSSR count). The molecule has 2 saturated heterocycles. The van der Waals surface area contributed by atoms with Crippen LogP contribution in [-0.4, -0.2) is 60.9 Å². The largest absolute Gasteiger partial charge is 0.469 e. The Morgan fingerprint density at radius 2 is 2.00 bits per heavy atom. The van der Waals surface area contributed by atoms with Crippen LogP contribution in [0.3, 0.4) is 0 Å². The minimum absolute atomic E-state index is 0.145. The van der Waals surface area contributed by atoms with Crippen molar-refractivity contribution in [1.29, 1.82) is 0 Å². The Labute approximate surface area is 106 Å². The maximum absolute atomic E-state index is 11.9. The van der Waals surface area contributed by atoms with Gasteiger partial charge < -0.3 is 4.74 Å². The third-order valence-corrected chi connectivity index (χ3v) is 3.94. The summed E-state index contributed by atoms with van der Waals surface area (Å²) in [5.74, 6) is -0.623. The molecule has 18 heavy (non-hydrogen) atoms. The Balaban J connectivity index is 2.07. The molecule has 100 valence electrons. The fourth-order valence-corrected chi connectivity index (χ4v) is 2.74. The van der Waals surface area contributed by atoms with Gasteiger partial charge in [-0.15, -0.1) is 0 Å². The first kappa shape index (κ1) is 13.0. The zero-order chi connectivity index (χ0) is 13.4. The van der Waals surface area contributed by atoms with Gasteiger partial charge in [0, 0.05) is 20.1 Å². The molecule has 2 fully saturated rings. The van der Waals surface area contributed by atoms with E-state index in [1.165, 1.54) is 19.1 Å². The molecule has 3 atom stereocenters. The van der Waals surface area contributed by atoms with Crippen LogP contribution >= 0.6 is 0 Å². The van der Waals surface area contributed by atoms with Crippen LogP contribution in [0.15, 0.2) is 0 Å². The van der Waals surface area contributed by atoms with E-state index >= 15 is 0 Å². The molecule has 0 aromatic heterocycles. The van der Waals surface area contributed by atoms with Crippen molar-refractivity contribution in [1.82, 2.24) is 9.80 Å². The van der Waals surface area contributed by atoms with Crippen molar-refractivity contribution in [3.63, 3.8) is 0 Å². The van der Waals surface area contributed by atoms with Crippen molar-refractivity contribution in [2.45, 2.75) is 19.4 Å². The summed E-state index contributed by atoms with van der Waals surface area (Å²) in [4.78, 5) is 38.1. The summed E-state index contributed by atoms with van der Waals surface area (Å²) in [6.07, 6.45) is 0.218. The first-order valence-corrected chi connectivity index (χ1v) is 6.08. The highest BCUT2D eigenvalue weighted by Gasteiger charge is 2.45. The molecule has 0 aromatic rings. The van der Waals surface area contributed by atoms with Crippen molar-refractivity contribution in [3.8, 4) is 0 Å². The molecular formula is C12H18N2O4. The van der Waals surface area contributed by atoms with Gasteiger partial charge in [0.25, 0.3) is 0 Å². The average molecular weight is 254 g/mol. The number of hydrogen-bond donors (Lipinski definition) is 0. The molecule has 0 saturated carbocycles. The van der Waals surface area contributed by atoms with E-state index in [0.717, 1.165) is 0 Å². The minimum atomic E-state index is -0.403. The lowest BCUT2D eigenvalue weighted by Crippen LogP contribution is -2.40. The Bertz CT molecular complexity index is 396. The number of likely N-dealkylation sites (tertiary alicyclic amines) is 2. The summed E-state index contributed by atoms with van der Waals surface area (Å²) in [7, 11) is 2.87. The van der Waals surface area contributed by atoms with E-state index in [-0.39, 0.29) is 36.0 Å². The SMILES string of the molecule is COC(=O)C1CN(C2CC(=O)N(C)C2=O)CC1C. The van der Waals surface area contributed by atoms with E-state index in [0.29, 0.717) is 13.1 Å². The predicted molar refractivity (Wildman–Crippen MR) is 62.4 cm³/mol. The highest BCUT2D eigenvalue weighted by molar-refractivity contribution is 6.05. The molecule has 6 nitrogen and oxygen atoms in total. The molecule has 2 aliphatic rings. The summed E-state index contributed by atoms with van der Waals surface area (Å²) in [6, 6.07) is -0.403. The van der Waals surface area contributed by atoms with Crippen LogP contribution in [-0.2, 0) is 19.1 Å². The lowest BCUT2D eigenvalue weighted by atomic mass is 9.99. The number of rotatable bonds is 2. The second-order valence-electron chi connectivity index (χ2n) is 5.07. The zero-order valence-corrected chi connectivity index (χ0v) is 10.9. The maximum Gasteiger partial charge on any atom is 0.310 e. The van der Waals surface area contributed by atoms with Gasteiger partial charge in [0.15, 0.2) is 0 Å². The Morgan fingerprint density at radius 1 is 1.33 bits per heavy atom. The van der Waals surface area contributed by atoms with Crippen LogP contribution < -0.4 is 0 Å². The molecule has 0 bridgehead atoms. The van der Waals surface area contributed by atoms with Gasteiger partial charge in [0.1, 0.15) is 0 Å². The molecule has 2 heterocycles. The van der Waals surface area contributed by atoms with Crippen LogP contribution in [0.2, 0.25) is 0 Å². The first-order valence-electron chi connectivity index (χ1n) is 6.08. The Kier molecular flexibility index (Phi) is 3.38. The first-order chi connectivity index (χ1) is 8.45. The second-order valence-corrected chi connectivity index (χ2v) is 5.07. The van der Waals surface area contributed by atoms with Crippen molar-refractivity contribution in [2.24, 2.45) is 11.8 Å². The van der Waals surface area contributed by atoms with Gasteiger partial charge in [-0.05, 0) is 5.92 Å². The smallest absolute Gasteiger partial charge is 0.310 e. The molecule has 3 unspecified atom stereocenters. The molecule has 2 aliphatic heterocycles. The Morgan fingerprint density at radius 3 is 2.50 bits per heavy atom. The van der Waals surface area contributed by atoms with Crippen LogP contribution in [0.1, 0.15) is 13.3 Å². The monoisotopic (exact) mass is 254 g/mol. The van der Waals surface area contributed by atoms with Gasteiger partial charge >= 0.3 is 5.97 Å². The van der Waals surface area contributed by atoms with E-state index in [9.17, 15) is 14.4 Å². The average Bonchev–Trinajstić information content (AvgIpc) is 2.84. The van der Waals surface area contributed by atoms with Gasteiger partial charge in [-0.2, -0.15) is 0 Å². The molecule has 0 aliphatic carbocycles. The topological polar surface area (TPSA) is 66.9 Å². The summed E-state index contributed by atoms with van der Waals surface area (Å²) in [6.45, 7) is 3.11. The normalized spacial score (nSPS) is 33.3. The molecule has 0 aromatic carbocycles. The fraction of sp³-hybridized carbons (Fsp3) is 0.750. The van der Waals surface area contributed by atoms with E-state index in [1.807, 2.05) is 11.8 Å². The van der Waals surface area contributed by atoms with Crippen molar-refractivity contribution >= 4 is 17.8 Å².